The number of nitro groups is 1. The second kappa shape index (κ2) is 4.94. The topological polar surface area (TPSA) is 61.0 Å². The van der Waals surface area contributed by atoms with E-state index < -0.39 is 4.92 Å². The Morgan fingerprint density at radius 2 is 2.05 bits per heavy atom. The zero-order valence-electron chi connectivity index (χ0n) is 10.4. The number of nitro benzene ring substituents is 1. The highest BCUT2D eigenvalue weighted by Gasteiger charge is 2.13. The molecule has 0 radical (unpaired) electrons. The van der Waals surface area contributed by atoms with E-state index in [1.165, 1.54) is 6.07 Å². The van der Waals surface area contributed by atoms with E-state index in [4.69, 9.17) is 11.6 Å². The third-order valence-corrected chi connectivity index (χ3v) is 3.41. The minimum absolute atomic E-state index is 0.0828. The van der Waals surface area contributed by atoms with Crippen LogP contribution in [-0.2, 0) is 6.54 Å². The zero-order valence-corrected chi connectivity index (χ0v) is 11.1. The molecule has 0 unspecified atom stereocenters. The molecule has 0 atom stereocenters. The molecule has 0 fully saturated rings. The average molecular weight is 288 g/mol. The van der Waals surface area contributed by atoms with Crippen molar-refractivity contribution >= 4 is 28.2 Å². The fourth-order valence-electron chi connectivity index (χ4n) is 2.12. The molecule has 0 amide bonds. The molecular weight excluding hydrogens is 278 g/mol. The molecule has 0 bridgehead atoms. The first-order valence-electron chi connectivity index (χ1n) is 5.98. The van der Waals surface area contributed by atoms with Crippen LogP contribution in [0.1, 0.15) is 5.56 Å². The summed E-state index contributed by atoms with van der Waals surface area (Å²) in [6.45, 7) is 0.464. The molecule has 0 aliphatic carbocycles. The summed E-state index contributed by atoms with van der Waals surface area (Å²) in [5, 5.41) is 16.4. The van der Waals surface area contributed by atoms with Gasteiger partial charge in [0.15, 0.2) is 0 Å². The summed E-state index contributed by atoms with van der Waals surface area (Å²) in [5.74, 6) is 0. The predicted octanol–water partition coefficient (Wildman–Crippen LogP) is 3.65. The zero-order chi connectivity index (χ0) is 14.1. The number of fused-ring (bicyclic) bond motifs is 1. The van der Waals surface area contributed by atoms with E-state index in [-0.39, 0.29) is 10.7 Å². The molecule has 2 aromatic carbocycles. The first kappa shape index (κ1) is 12.6. The molecule has 1 aromatic heterocycles. The van der Waals surface area contributed by atoms with Gasteiger partial charge in [0.05, 0.1) is 23.2 Å². The second-order valence-electron chi connectivity index (χ2n) is 4.40. The van der Waals surface area contributed by atoms with Gasteiger partial charge in [0.25, 0.3) is 5.69 Å². The molecule has 1 heterocycles. The highest BCUT2D eigenvalue weighted by Crippen LogP contribution is 2.25. The van der Waals surface area contributed by atoms with Crippen LogP contribution < -0.4 is 0 Å². The maximum absolute atomic E-state index is 10.9. The number of halogens is 1. The minimum atomic E-state index is -0.479. The first-order chi connectivity index (χ1) is 9.65. The Labute approximate surface area is 119 Å². The van der Waals surface area contributed by atoms with Gasteiger partial charge in [-0.15, -0.1) is 0 Å². The van der Waals surface area contributed by atoms with Crippen LogP contribution >= 0.6 is 11.6 Å². The van der Waals surface area contributed by atoms with Gasteiger partial charge in [0, 0.05) is 11.5 Å². The van der Waals surface area contributed by atoms with Crippen LogP contribution in [0.2, 0.25) is 5.02 Å². The molecule has 0 aliphatic heterocycles. The van der Waals surface area contributed by atoms with Gasteiger partial charge in [-0.1, -0.05) is 35.9 Å². The van der Waals surface area contributed by atoms with E-state index in [1.54, 1.807) is 18.3 Å². The van der Waals surface area contributed by atoms with Crippen molar-refractivity contribution in [3.8, 4) is 0 Å². The molecular formula is C14H10ClN3O2. The minimum Gasteiger partial charge on any atom is -0.260 e. The highest BCUT2D eigenvalue weighted by molar-refractivity contribution is 6.32. The standard InChI is InChI=1S/C14H10ClN3O2/c15-12-6-5-10(7-14(12)18(19)20)9-17-13-4-2-1-3-11(13)8-16-17/h1-8H,9H2. The Morgan fingerprint density at radius 1 is 1.25 bits per heavy atom. The Morgan fingerprint density at radius 3 is 2.85 bits per heavy atom. The normalized spacial score (nSPS) is 10.8. The molecule has 3 rings (SSSR count). The molecule has 3 aromatic rings. The van der Waals surface area contributed by atoms with Gasteiger partial charge in [-0.2, -0.15) is 5.10 Å². The highest BCUT2D eigenvalue weighted by atomic mass is 35.5. The number of rotatable bonds is 3. The fraction of sp³-hybridized carbons (Fsp3) is 0.0714. The van der Waals surface area contributed by atoms with Crippen LogP contribution in [0.3, 0.4) is 0 Å². The molecule has 100 valence electrons. The van der Waals surface area contributed by atoms with E-state index in [0.717, 1.165) is 16.5 Å². The number of aromatic nitrogens is 2. The summed E-state index contributed by atoms with van der Waals surface area (Å²) in [5.41, 5.74) is 1.70. The molecule has 0 saturated heterocycles. The van der Waals surface area contributed by atoms with Gasteiger partial charge >= 0.3 is 0 Å². The Kier molecular flexibility index (Phi) is 3.12. The Hall–Kier alpha value is -2.40. The molecule has 20 heavy (non-hydrogen) atoms. The Bertz CT molecular complexity index is 798. The summed E-state index contributed by atoms with van der Waals surface area (Å²) in [4.78, 5) is 10.4. The van der Waals surface area contributed by atoms with Crippen molar-refractivity contribution in [2.75, 3.05) is 0 Å². The van der Waals surface area contributed by atoms with Crippen LogP contribution in [0.4, 0.5) is 5.69 Å². The molecule has 6 heteroatoms. The van der Waals surface area contributed by atoms with Gasteiger partial charge in [-0.05, 0) is 17.7 Å². The monoisotopic (exact) mass is 287 g/mol. The van der Waals surface area contributed by atoms with Crippen molar-refractivity contribution in [2.45, 2.75) is 6.54 Å². The smallest absolute Gasteiger partial charge is 0.260 e. The molecule has 0 aliphatic rings. The summed E-state index contributed by atoms with van der Waals surface area (Å²) in [7, 11) is 0. The largest absolute Gasteiger partial charge is 0.288 e. The number of benzene rings is 2. The molecule has 0 spiro atoms. The summed E-state index contributed by atoms with van der Waals surface area (Å²) in [6, 6.07) is 12.6. The van der Waals surface area contributed by atoms with Gasteiger partial charge in [-0.25, -0.2) is 0 Å². The lowest BCUT2D eigenvalue weighted by atomic mass is 10.2. The van der Waals surface area contributed by atoms with E-state index >= 15 is 0 Å². The number of nitrogens with zero attached hydrogens (tertiary/aromatic N) is 3. The van der Waals surface area contributed by atoms with Crippen LogP contribution in [0, 0.1) is 10.1 Å². The van der Waals surface area contributed by atoms with Crippen LogP contribution in [0.25, 0.3) is 10.9 Å². The van der Waals surface area contributed by atoms with Crippen molar-refractivity contribution in [3.05, 3.63) is 69.4 Å². The van der Waals surface area contributed by atoms with Gasteiger partial charge in [0.2, 0.25) is 0 Å². The van der Waals surface area contributed by atoms with E-state index in [1.807, 2.05) is 28.9 Å². The van der Waals surface area contributed by atoms with E-state index in [9.17, 15) is 10.1 Å². The third-order valence-electron chi connectivity index (χ3n) is 3.09. The average Bonchev–Trinajstić information content (AvgIpc) is 2.84. The lowest BCUT2D eigenvalue weighted by molar-refractivity contribution is -0.384. The van der Waals surface area contributed by atoms with Crippen LogP contribution in [-0.4, -0.2) is 14.7 Å². The molecule has 5 nitrogen and oxygen atoms in total. The van der Waals surface area contributed by atoms with Gasteiger partial charge in [0.1, 0.15) is 5.02 Å². The SMILES string of the molecule is O=[N+]([O-])c1cc(Cn2ncc3ccccc32)ccc1Cl. The summed E-state index contributed by atoms with van der Waals surface area (Å²) in [6.07, 6.45) is 1.78. The quantitative estimate of drug-likeness (QED) is 0.546. The van der Waals surface area contributed by atoms with Crippen LogP contribution in [0.5, 0.6) is 0 Å². The summed E-state index contributed by atoms with van der Waals surface area (Å²) < 4.78 is 1.81. The van der Waals surface area contributed by atoms with Gasteiger partial charge in [-0.3, -0.25) is 14.8 Å². The maximum atomic E-state index is 10.9. The Balaban J connectivity index is 1.99. The summed E-state index contributed by atoms with van der Waals surface area (Å²) >= 11 is 5.80. The van der Waals surface area contributed by atoms with Crippen molar-refractivity contribution in [3.63, 3.8) is 0 Å². The molecule has 0 N–H and O–H groups in total. The van der Waals surface area contributed by atoms with Crippen molar-refractivity contribution < 1.29 is 4.92 Å². The second-order valence-corrected chi connectivity index (χ2v) is 4.81. The third kappa shape index (κ3) is 2.23. The lowest BCUT2D eigenvalue weighted by Gasteiger charge is -2.04. The number of para-hydroxylation sites is 1. The van der Waals surface area contributed by atoms with Crippen LogP contribution in [0.15, 0.2) is 48.7 Å². The molecule has 0 saturated carbocycles. The number of hydrogen-bond acceptors (Lipinski definition) is 3. The van der Waals surface area contributed by atoms with E-state index in [2.05, 4.69) is 5.10 Å². The number of hydrogen-bond donors (Lipinski definition) is 0. The van der Waals surface area contributed by atoms with E-state index in [0.29, 0.717) is 6.54 Å². The first-order valence-corrected chi connectivity index (χ1v) is 6.36. The predicted molar refractivity (Wildman–Crippen MR) is 76.9 cm³/mol. The lowest BCUT2D eigenvalue weighted by Crippen LogP contribution is -2.02. The maximum Gasteiger partial charge on any atom is 0.288 e. The van der Waals surface area contributed by atoms with Gasteiger partial charge < -0.3 is 0 Å². The fourth-order valence-corrected chi connectivity index (χ4v) is 2.31. The van der Waals surface area contributed by atoms with Crippen molar-refractivity contribution in [2.24, 2.45) is 0 Å². The van der Waals surface area contributed by atoms with Crippen molar-refractivity contribution in [1.29, 1.82) is 0 Å². The van der Waals surface area contributed by atoms with Crippen molar-refractivity contribution in [1.82, 2.24) is 9.78 Å².